The van der Waals surface area contributed by atoms with Gasteiger partial charge in [-0.3, -0.25) is 9.80 Å². The van der Waals surface area contributed by atoms with Crippen LogP contribution in [0.1, 0.15) is 59.1 Å². The maximum atomic E-state index is 13.1. The maximum absolute atomic E-state index is 13.1. The molecule has 3 aliphatic rings. The average Bonchev–Trinajstić information content (AvgIpc) is 3.74. The van der Waals surface area contributed by atoms with E-state index in [4.69, 9.17) is 4.98 Å². The second kappa shape index (κ2) is 14.8. The van der Waals surface area contributed by atoms with E-state index in [1.807, 2.05) is 12.7 Å². The quantitative estimate of drug-likeness (QED) is 0.201. The van der Waals surface area contributed by atoms with Crippen LogP contribution in [0.15, 0.2) is 24.3 Å². The van der Waals surface area contributed by atoms with Crippen LogP contribution in [0.25, 0.3) is 21.1 Å². The monoisotopic (exact) mass is 684 g/mol. The number of hydrogen-bond donors (Lipinski definition) is 2. The van der Waals surface area contributed by atoms with Crippen LogP contribution >= 0.6 is 20.6 Å². The molecule has 1 aliphatic carbocycles. The molecule has 2 aliphatic heterocycles. The molecule has 0 amide bonds. The van der Waals surface area contributed by atoms with Crippen molar-refractivity contribution in [3.8, 4) is 6.07 Å². The zero-order valence-electron chi connectivity index (χ0n) is 27.2. The summed E-state index contributed by atoms with van der Waals surface area (Å²) in [7, 11) is 2.42. The summed E-state index contributed by atoms with van der Waals surface area (Å²) in [6.07, 6.45) is -1.26. The predicted octanol–water partition coefficient (Wildman–Crippen LogP) is 6.28. The third-order valence-electron chi connectivity index (χ3n) is 9.53. The fourth-order valence-corrected chi connectivity index (χ4v) is 7.84. The lowest BCUT2D eigenvalue weighted by molar-refractivity contribution is -0.126. The second-order valence-corrected chi connectivity index (χ2v) is 13.9. The van der Waals surface area contributed by atoms with E-state index in [1.165, 1.54) is 11.1 Å². The molecule has 1 atom stereocenters. The molecule has 3 aromatic heterocycles. The van der Waals surface area contributed by atoms with Crippen LogP contribution in [0.4, 0.5) is 19.0 Å². The molecule has 5 heterocycles. The van der Waals surface area contributed by atoms with Gasteiger partial charge in [0.05, 0.1) is 11.8 Å². The Morgan fingerprint density at radius 3 is 2.43 bits per heavy atom. The number of anilines is 1. The normalized spacial score (nSPS) is 18.3. The molecule has 1 aromatic carbocycles. The molecule has 13 heteroatoms. The van der Waals surface area contributed by atoms with Gasteiger partial charge in [0, 0.05) is 86.6 Å². The SMILES string of the molecule is CP.Cc1c(CN2CCC(Nc3nc(C4CC4)nc4sc(CC(F)(F)F)cc34)CC2)ccc2c1cc(C#N)n2CCN1CCNCC1. The van der Waals surface area contributed by atoms with E-state index in [-0.39, 0.29) is 10.9 Å². The third-order valence-corrected chi connectivity index (χ3v) is 10.6. The third kappa shape index (κ3) is 8.09. The molecule has 0 spiro atoms. The van der Waals surface area contributed by atoms with Crippen LogP contribution in [0.2, 0.25) is 0 Å². The van der Waals surface area contributed by atoms with Gasteiger partial charge in [-0.2, -0.15) is 18.4 Å². The number of halogens is 3. The summed E-state index contributed by atoms with van der Waals surface area (Å²) in [6, 6.07) is 10.7. The lowest BCUT2D eigenvalue weighted by atomic mass is 10.0. The molecule has 0 bridgehead atoms. The zero-order valence-corrected chi connectivity index (χ0v) is 29.1. The fraction of sp³-hybridized carbons (Fsp3) is 0.559. The molecular weight excluding hydrogens is 640 g/mol. The van der Waals surface area contributed by atoms with Crippen LogP contribution in [0.3, 0.4) is 0 Å². The smallest absolute Gasteiger partial charge is 0.367 e. The molecule has 0 radical (unpaired) electrons. The Morgan fingerprint density at radius 2 is 1.74 bits per heavy atom. The number of aryl methyl sites for hydroxylation is 1. The summed E-state index contributed by atoms with van der Waals surface area (Å²) in [5.41, 5.74) is 4.35. The summed E-state index contributed by atoms with van der Waals surface area (Å²) < 4.78 is 41.5. The lowest BCUT2D eigenvalue weighted by Crippen LogP contribution is -2.44. The Kier molecular flexibility index (Phi) is 10.7. The van der Waals surface area contributed by atoms with Crippen LogP contribution in [-0.2, 0) is 19.5 Å². The molecule has 7 rings (SSSR count). The van der Waals surface area contributed by atoms with Crippen LogP contribution in [0, 0.1) is 18.3 Å². The van der Waals surface area contributed by atoms with Crippen molar-refractivity contribution in [2.24, 2.45) is 0 Å². The average molecular weight is 685 g/mol. The molecule has 3 fully saturated rings. The van der Waals surface area contributed by atoms with Gasteiger partial charge in [0.2, 0.25) is 0 Å². The number of aromatic nitrogens is 3. The van der Waals surface area contributed by atoms with E-state index >= 15 is 0 Å². The first-order valence-corrected chi connectivity index (χ1v) is 18.6. The summed E-state index contributed by atoms with van der Waals surface area (Å²) in [4.78, 5) is 15.3. The van der Waals surface area contributed by atoms with Crippen molar-refractivity contribution in [1.82, 2.24) is 29.7 Å². The molecule has 47 heavy (non-hydrogen) atoms. The molecule has 8 nitrogen and oxygen atoms in total. The Hall–Kier alpha value is -2.81. The standard InChI is InChI=1S/C33H39F3N8S.CH5P/c1-21-23(4-5-29-27(21)16-25(19-37)44(29)15-14-42-12-8-38-9-13-42)20-43-10-6-24(7-11-43)39-31-28-17-26(18-33(34,35)36)45-32(28)41-30(40-31)22-2-3-22;1-2/h4-5,16-17,22,24,38H,2-3,6-15,18,20H2,1H3,(H,39,40,41);2H2,1H3. The van der Waals surface area contributed by atoms with E-state index in [9.17, 15) is 18.4 Å². The molecule has 4 aromatic rings. The topological polar surface area (TPSA) is 85.0 Å². The van der Waals surface area contributed by atoms with Crippen molar-refractivity contribution in [3.05, 3.63) is 51.8 Å². The van der Waals surface area contributed by atoms with Crippen molar-refractivity contribution in [2.75, 3.05) is 57.8 Å². The van der Waals surface area contributed by atoms with Crippen molar-refractivity contribution in [2.45, 2.75) is 70.3 Å². The van der Waals surface area contributed by atoms with Crippen molar-refractivity contribution in [1.29, 1.82) is 5.26 Å². The number of hydrogen-bond acceptors (Lipinski definition) is 8. The first kappa shape index (κ1) is 34.1. The first-order valence-electron chi connectivity index (χ1n) is 16.6. The Balaban J connectivity index is 0.00000190. The van der Waals surface area contributed by atoms with Gasteiger partial charge in [-0.05, 0) is 61.9 Å². The number of piperazine rings is 1. The van der Waals surface area contributed by atoms with Crippen molar-refractivity contribution in [3.63, 3.8) is 0 Å². The van der Waals surface area contributed by atoms with E-state index in [0.29, 0.717) is 27.6 Å². The minimum absolute atomic E-state index is 0.198. The van der Waals surface area contributed by atoms with Crippen molar-refractivity contribution < 1.29 is 13.2 Å². The number of thiophene rings is 1. The Labute approximate surface area is 280 Å². The number of rotatable bonds is 9. The van der Waals surface area contributed by atoms with Gasteiger partial charge < -0.3 is 15.2 Å². The maximum Gasteiger partial charge on any atom is 0.393 e. The highest BCUT2D eigenvalue weighted by Crippen LogP contribution is 2.41. The van der Waals surface area contributed by atoms with E-state index < -0.39 is 12.6 Å². The second-order valence-electron chi connectivity index (χ2n) is 12.8. The predicted molar refractivity (Wildman–Crippen MR) is 187 cm³/mol. The largest absolute Gasteiger partial charge is 0.393 e. The minimum Gasteiger partial charge on any atom is -0.367 e. The van der Waals surface area contributed by atoms with E-state index in [2.05, 4.69) is 64.3 Å². The number of fused-ring (bicyclic) bond motifs is 2. The van der Waals surface area contributed by atoms with Gasteiger partial charge >= 0.3 is 6.18 Å². The molecular formula is C34H44F3N8PS. The highest BCUT2D eigenvalue weighted by atomic mass is 32.1. The lowest BCUT2D eigenvalue weighted by Gasteiger charge is -2.33. The molecule has 1 unspecified atom stereocenters. The molecule has 2 saturated heterocycles. The number of nitrogens with one attached hydrogen (secondary N) is 2. The van der Waals surface area contributed by atoms with Crippen LogP contribution in [-0.4, -0.2) is 89.0 Å². The van der Waals surface area contributed by atoms with Gasteiger partial charge in [0.15, 0.2) is 0 Å². The fourth-order valence-electron chi connectivity index (χ4n) is 6.78. The molecule has 2 N–H and O–H groups in total. The van der Waals surface area contributed by atoms with E-state index in [0.717, 1.165) is 113 Å². The van der Waals surface area contributed by atoms with Gasteiger partial charge in [-0.25, -0.2) is 9.97 Å². The summed E-state index contributed by atoms with van der Waals surface area (Å²) in [5, 5.41) is 18.7. The van der Waals surface area contributed by atoms with Crippen LogP contribution < -0.4 is 10.6 Å². The number of nitrogens with zero attached hydrogens (tertiary/aromatic N) is 6. The number of nitriles is 1. The van der Waals surface area contributed by atoms with Gasteiger partial charge in [-0.15, -0.1) is 20.6 Å². The Morgan fingerprint density at radius 1 is 1.00 bits per heavy atom. The number of piperidine rings is 1. The van der Waals surface area contributed by atoms with Crippen molar-refractivity contribution >= 4 is 47.5 Å². The number of alkyl halides is 3. The Bertz CT molecular complexity index is 1730. The molecule has 252 valence electrons. The zero-order chi connectivity index (χ0) is 33.1. The van der Waals surface area contributed by atoms with Crippen LogP contribution in [0.5, 0.6) is 0 Å². The van der Waals surface area contributed by atoms with E-state index in [1.54, 1.807) is 6.07 Å². The summed E-state index contributed by atoms with van der Waals surface area (Å²) >= 11 is 1.13. The molecule has 1 saturated carbocycles. The minimum atomic E-state index is -4.25. The summed E-state index contributed by atoms with van der Waals surface area (Å²) in [6.45, 7) is 12.6. The van der Waals surface area contributed by atoms with Gasteiger partial charge in [-0.1, -0.05) is 12.7 Å². The first-order chi connectivity index (χ1) is 22.7. The highest BCUT2D eigenvalue weighted by molar-refractivity contribution is 7.18. The number of likely N-dealkylation sites (tertiary alicyclic amines) is 1. The highest BCUT2D eigenvalue weighted by Gasteiger charge is 2.32. The summed E-state index contributed by atoms with van der Waals surface area (Å²) in [5.74, 6) is 1.76. The van der Waals surface area contributed by atoms with Gasteiger partial charge in [0.1, 0.15) is 28.2 Å². The van der Waals surface area contributed by atoms with Gasteiger partial charge in [0.25, 0.3) is 0 Å². The number of benzene rings is 1.